The second kappa shape index (κ2) is 8.52. The average Bonchev–Trinajstić information content (AvgIpc) is 2.60. The van der Waals surface area contributed by atoms with Gasteiger partial charge in [-0.2, -0.15) is 0 Å². The number of hydrogen-bond acceptors (Lipinski definition) is 3. The molecule has 2 rings (SSSR count). The SMILES string of the molecule is CCC(=O)Nc1cc(NC(=O)C(C)Oc2c(C)cccc2C)ccc1C. The Kier molecular flexibility index (Phi) is 6.39. The lowest BCUT2D eigenvalue weighted by atomic mass is 10.1. The van der Waals surface area contributed by atoms with Crippen LogP contribution in [-0.4, -0.2) is 17.9 Å². The second-order valence-electron chi connectivity index (χ2n) is 6.40. The van der Waals surface area contributed by atoms with E-state index in [-0.39, 0.29) is 11.8 Å². The van der Waals surface area contributed by atoms with Gasteiger partial charge in [-0.1, -0.05) is 31.2 Å². The van der Waals surface area contributed by atoms with Crippen LogP contribution in [0.4, 0.5) is 11.4 Å². The number of benzene rings is 2. The Morgan fingerprint density at radius 1 is 1.00 bits per heavy atom. The van der Waals surface area contributed by atoms with E-state index in [9.17, 15) is 9.59 Å². The van der Waals surface area contributed by atoms with Crippen molar-refractivity contribution >= 4 is 23.2 Å². The first kappa shape index (κ1) is 19.5. The molecule has 0 aromatic heterocycles. The van der Waals surface area contributed by atoms with Crippen molar-refractivity contribution in [3.05, 3.63) is 53.1 Å². The van der Waals surface area contributed by atoms with Crippen molar-refractivity contribution in [1.82, 2.24) is 0 Å². The maximum atomic E-state index is 12.5. The highest BCUT2D eigenvalue weighted by Crippen LogP contribution is 2.24. The maximum Gasteiger partial charge on any atom is 0.265 e. The van der Waals surface area contributed by atoms with E-state index in [2.05, 4.69) is 10.6 Å². The molecule has 0 heterocycles. The molecule has 0 bridgehead atoms. The van der Waals surface area contributed by atoms with E-state index in [1.165, 1.54) is 0 Å². The Labute approximate surface area is 154 Å². The van der Waals surface area contributed by atoms with Gasteiger partial charge in [-0.25, -0.2) is 0 Å². The zero-order valence-electron chi connectivity index (χ0n) is 16.0. The van der Waals surface area contributed by atoms with Gasteiger partial charge in [0.15, 0.2) is 6.10 Å². The summed E-state index contributed by atoms with van der Waals surface area (Å²) in [5.41, 5.74) is 4.22. The van der Waals surface area contributed by atoms with Crippen LogP contribution in [0.5, 0.6) is 5.75 Å². The van der Waals surface area contributed by atoms with E-state index in [0.717, 1.165) is 22.4 Å². The molecule has 0 fully saturated rings. The lowest BCUT2D eigenvalue weighted by molar-refractivity contribution is -0.122. The molecule has 0 aliphatic heterocycles. The van der Waals surface area contributed by atoms with Crippen LogP contribution in [0, 0.1) is 20.8 Å². The van der Waals surface area contributed by atoms with Crippen LogP contribution in [0.25, 0.3) is 0 Å². The van der Waals surface area contributed by atoms with Crippen molar-refractivity contribution in [2.45, 2.75) is 47.1 Å². The molecule has 2 aromatic rings. The van der Waals surface area contributed by atoms with Gasteiger partial charge in [0.2, 0.25) is 5.91 Å². The molecular weight excluding hydrogens is 328 g/mol. The lowest BCUT2D eigenvalue weighted by Crippen LogP contribution is -2.30. The summed E-state index contributed by atoms with van der Waals surface area (Å²) in [5.74, 6) is 0.419. The molecule has 1 unspecified atom stereocenters. The normalized spacial score (nSPS) is 11.6. The summed E-state index contributed by atoms with van der Waals surface area (Å²) in [6.07, 6.45) is -0.249. The zero-order valence-corrected chi connectivity index (χ0v) is 16.0. The van der Waals surface area contributed by atoms with E-state index in [0.29, 0.717) is 17.8 Å². The van der Waals surface area contributed by atoms with Crippen molar-refractivity contribution in [1.29, 1.82) is 0 Å². The van der Waals surface area contributed by atoms with Gasteiger partial charge < -0.3 is 15.4 Å². The van der Waals surface area contributed by atoms with Crippen molar-refractivity contribution < 1.29 is 14.3 Å². The molecule has 0 aliphatic carbocycles. The fraction of sp³-hybridized carbons (Fsp3) is 0.333. The fourth-order valence-electron chi connectivity index (χ4n) is 2.53. The Morgan fingerprint density at radius 3 is 2.27 bits per heavy atom. The maximum absolute atomic E-state index is 12.5. The highest BCUT2D eigenvalue weighted by Gasteiger charge is 2.17. The Hall–Kier alpha value is -2.82. The third kappa shape index (κ3) is 4.85. The number of hydrogen-bond donors (Lipinski definition) is 2. The molecule has 138 valence electrons. The monoisotopic (exact) mass is 354 g/mol. The molecule has 5 heteroatoms. The molecule has 0 saturated carbocycles. The van der Waals surface area contributed by atoms with Crippen molar-refractivity contribution in [2.24, 2.45) is 0 Å². The minimum atomic E-state index is -0.648. The van der Waals surface area contributed by atoms with Crippen molar-refractivity contribution in [3.8, 4) is 5.75 Å². The van der Waals surface area contributed by atoms with Crippen molar-refractivity contribution in [2.75, 3.05) is 10.6 Å². The average molecular weight is 354 g/mol. The van der Waals surface area contributed by atoms with E-state index < -0.39 is 6.10 Å². The molecule has 0 radical (unpaired) electrons. The van der Waals surface area contributed by atoms with E-state index in [4.69, 9.17) is 4.74 Å². The zero-order chi connectivity index (χ0) is 19.3. The summed E-state index contributed by atoms with van der Waals surface area (Å²) in [7, 11) is 0. The summed E-state index contributed by atoms with van der Waals surface area (Å²) >= 11 is 0. The van der Waals surface area contributed by atoms with Crippen molar-refractivity contribution in [3.63, 3.8) is 0 Å². The molecule has 2 amide bonds. The number of carbonyl (C=O) groups excluding carboxylic acids is 2. The number of ether oxygens (including phenoxy) is 1. The molecule has 5 nitrogen and oxygen atoms in total. The third-order valence-corrected chi connectivity index (χ3v) is 4.17. The van der Waals surface area contributed by atoms with E-state index in [1.54, 1.807) is 26.0 Å². The highest BCUT2D eigenvalue weighted by molar-refractivity contribution is 5.96. The van der Waals surface area contributed by atoms with Gasteiger partial charge in [0.25, 0.3) is 5.91 Å². The second-order valence-corrected chi connectivity index (χ2v) is 6.40. The van der Waals surface area contributed by atoms with Crippen LogP contribution < -0.4 is 15.4 Å². The molecule has 0 saturated heterocycles. The van der Waals surface area contributed by atoms with Gasteiger partial charge in [-0.05, 0) is 56.5 Å². The Balaban J connectivity index is 2.09. The quantitative estimate of drug-likeness (QED) is 0.809. The fourth-order valence-corrected chi connectivity index (χ4v) is 2.53. The molecule has 0 spiro atoms. The van der Waals surface area contributed by atoms with Crippen LogP contribution >= 0.6 is 0 Å². The van der Waals surface area contributed by atoms with Gasteiger partial charge in [0.05, 0.1) is 0 Å². The summed E-state index contributed by atoms with van der Waals surface area (Å²) in [5, 5.41) is 5.68. The number of anilines is 2. The number of amides is 2. The molecular formula is C21H26N2O3. The topological polar surface area (TPSA) is 67.4 Å². The number of aryl methyl sites for hydroxylation is 3. The lowest BCUT2D eigenvalue weighted by Gasteiger charge is -2.18. The van der Waals surface area contributed by atoms with E-state index in [1.807, 2.05) is 45.0 Å². The van der Waals surface area contributed by atoms with Gasteiger partial charge >= 0.3 is 0 Å². The minimum absolute atomic E-state index is 0.0664. The van der Waals surface area contributed by atoms with Gasteiger partial charge in [0, 0.05) is 17.8 Å². The van der Waals surface area contributed by atoms with Crippen LogP contribution in [0.3, 0.4) is 0 Å². The number of para-hydroxylation sites is 1. The number of rotatable bonds is 6. The third-order valence-electron chi connectivity index (χ3n) is 4.17. The number of nitrogens with one attached hydrogen (secondary N) is 2. The first-order chi connectivity index (χ1) is 12.3. The summed E-state index contributed by atoms with van der Waals surface area (Å²) in [4.78, 5) is 24.1. The van der Waals surface area contributed by atoms with Crippen LogP contribution in [0.15, 0.2) is 36.4 Å². The van der Waals surface area contributed by atoms with Gasteiger partial charge in [0.1, 0.15) is 5.75 Å². The Bertz CT molecular complexity index is 795. The Morgan fingerprint density at radius 2 is 1.65 bits per heavy atom. The largest absolute Gasteiger partial charge is 0.480 e. The standard InChI is InChI=1S/C21H26N2O3/c1-6-19(24)23-18-12-17(11-10-13(18)2)22-21(25)16(5)26-20-14(3)8-7-9-15(20)4/h7-12,16H,6H2,1-5H3,(H,22,25)(H,23,24). The molecule has 2 N–H and O–H groups in total. The van der Waals surface area contributed by atoms with Crippen LogP contribution in [-0.2, 0) is 9.59 Å². The summed E-state index contributed by atoms with van der Waals surface area (Å²) < 4.78 is 5.86. The molecule has 2 aromatic carbocycles. The van der Waals surface area contributed by atoms with Gasteiger partial charge in [-0.3, -0.25) is 9.59 Å². The smallest absolute Gasteiger partial charge is 0.265 e. The molecule has 26 heavy (non-hydrogen) atoms. The summed E-state index contributed by atoms with van der Waals surface area (Å²) in [6.45, 7) is 9.33. The molecule has 0 aliphatic rings. The highest BCUT2D eigenvalue weighted by atomic mass is 16.5. The molecule has 1 atom stereocenters. The van der Waals surface area contributed by atoms with Crippen LogP contribution in [0.1, 0.15) is 37.0 Å². The van der Waals surface area contributed by atoms with E-state index >= 15 is 0 Å². The number of carbonyl (C=O) groups is 2. The predicted octanol–water partition coefficient (Wildman–Crippen LogP) is 4.37. The predicted molar refractivity (Wildman–Crippen MR) is 105 cm³/mol. The van der Waals surface area contributed by atoms with Crippen LogP contribution in [0.2, 0.25) is 0 Å². The van der Waals surface area contributed by atoms with Gasteiger partial charge in [-0.15, -0.1) is 0 Å². The first-order valence-corrected chi connectivity index (χ1v) is 8.76. The first-order valence-electron chi connectivity index (χ1n) is 8.76. The minimum Gasteiger partial charge on any atom is -0.480 e. The summed E-state index contributed by atoms with van der Waals surface area (Å²) in [6, 6.07) is 11.3.